The maximum atomic E-state index is 13.9. The highest BCUT2D eigenvalue weighted by atomic mass is 16.2. The Morgan fingerprint density at radius 1 is 1.05 bits per heavy atom. The van der Waals surface area contributed by atoms with E-state index in [2.05, 4.69) is 6.07 Å². The molecular formula is C31H34N6O2. The summed E-state index contributed by atoms with van der Waals surface area (Å²) in [4.78, 5) is 29.6. The largest absolute Gasteiger partial charge is 0.351 e. The van der Waals surface area contributed by atoms with Crippen LogP contribution < -0.4 is 11.4 Å². The molecule has 1 atom stereocenters. The van der Waals surface area contributed by atoms with Crippen LogP contribution in [0, 0.1) is 24.2 Å². The molecule has 0 aliphatic rings. The Bertz CT molecular complexity index is 1510. The lowest BCUT2D eigenvalue weighted by atomic mass is 9.99. The van der Waals surface area contributed by atoms with E-state index in [-0.39, 0.29) is 17.5 Å². The SMILES string of the molecule is Cc1ccc(C(=O)N(CCCN)C(c2nn(-c3cccc(C#N)c3)c(=O)n2Cc2ccccc2)C(C)C)cc1. The summed E-state index contributed by atoms with van der Waals surface area (Å²) in [6.07, 6.45) is 0.606. The molecule has 0 saturated carbocycles. The summed E-state index contributed by atoms with van der Waals surface area (Å²) in [6.45, 7) is 7.16. The van der Waals surface area contributed by atoms with Crippen molar-refractivity contribution in [3.05, 3.63) is 117 Å². The predicted molar refractivity (Wildman–Crippen MR) is 152 cm³/mol. The Morgan fingerprint density at radius 3 is 2.41 bits per heavy atom. The molecule has 0 saturated heterocycles. The van der Waals surface area contributed by atoms with Gasteiger partial charge in [-0.15, -0.1) is 5.10 Å². The second kappa shape index (κ2) is 12.4. The molecule has 39 heavy (non-hydrogen) atoms. The van der Waals surface area contributed by atoms with E-state index in [1.807, 2.05) is 75.4 Å². The molecule has 4 aromatic rings. The zero-order valence-electron chi connectivity index (χ0n) is 22.6. The summed E-state index contributed by atoms with van der Waals surface area (Å²) in [7, 11) is 0. The molecule has 0 bridgehead atoms. The topological polar surface area (TPSA) is 110 Å². The second-order valence-electron chi connectivity index (χ2n) is 9.98. The quantitative estimate of drug-likeness (QED) is 0.331. The van der Waals surface area contributed by atoms with E-state index in [9.17, 15) is 14.9 Å². The number of benzene rings is 3. The first kappa shape index (κ1) is 27.6. The molecule has 0 spiro atoms. The van der Waals surface area contributed by atoms with Crippen LogP contribution in [0.25, 0.3) is 5.69 Å². The van der Waals surface area contributed by atoms with E-state index >= 15 is 0 Å². The zero-order chi connectivity index (χ0) is 27.9. The van der Waals surface area contributed by atoms with Gasteiger partial charge in [-0.25, -0.2) is 4.79 Å². The van der Waals surface area contributed by atoms with Crippen LogP contribution in [0.2, 0.25) is 0 Å². The van der Waals surface area contributed by atoms with Crippen molar-refractivity contribution in [2.24, 2.45) is 11.7 Å². The molecule has 4 rings (SSSR count). The highest BCUT2D eigenvalue weighted by Crippen LogP contribution is 2.30. The third-order valence-electron chi connectivity index (χ3n) is 6.69. The predicted octanol–water partition coefficient (Wildman–Crippen LogP) is 4.45. The number of nitrogens with two attached hydrogens (primary N) is 1. The standard InChI is InChI=1S/C31H34N6O2/c1-22(2)28(35(18-8-17-32)30(38)26-15-13-23(3)14-16-26)29-34-37(27-12-7-11-25(19-27)20-33)31(39)36(29)21-24-9-5-4-6-10-24/h4-7,9-16,19,22,28H,8,17-18,21,32H2,1-3H3. The molecule has 200 valence electrons. The summed E-state index contributed by atoms with van der Waals surface area (Å²) < 4.78 is 2.96. The molecule has 0 fully saturated rings. The van der Waals surface area contributed by atoms with E-state index in [4.69, 9.17) is 10.8 Å². The van der Waals surface area contributed by atoms with Gasteiger partial charge in [-0.1, -0.05) is 67.9 Å². The van der Waals surface area contributed by atoms with Gasteiger partial charge in [-0.05, 0) is 61.7 Å². The van der Waals surface area contributed by atoms with Crippen molar-refractivity contribution < 1.29 is 4.79 Å². The van der Waals surface area contributed by atoms with Crippen LogP contribution >= 0.6 is 0 Å². The van der Waals surface area contributed by atoms with E-state index in [0.29, 0.717) is 48.7 Å². The minimum absolute atomic E-state index is 0.0626. The van der Waals surface area contributed by atoms with Gasteiger partial charge in [0, 0.05) is 12.1 Å². The smallest absolute Gasteiger partial charge is 0.330 e. The summed E-state index contributed by atoms with van der Waals surface area (Å²) in [5.41, 5.74) is 9.03. The fourth-order valence-corrected chi connectivity index (χ4v) is 4.71. The highest BCUT2D eigenvalue weighted by molar-refractivity contribution is 5.94. The third-order valence-corrected chi connectivity index (χ3v) is 6.69. The number of nitrogens with zero attached hydrogens (tertiary/aromatic N) is 5. The van der Waals surface area contributed by atoms with Gasteiger partial charge in [0.05, 0.1) is 29.9 Å². The van der Waals surface area contributed by atoms with Gasteiger partial charge in [-0.2, -0.15) is 9.94 Å². The summed E-state index contributed by atoms with van der Waals surface area (Å²) in [5, 5.41) is 14.2. The summed E-state index contributed by atoms with van der Waals surface area (Å²) in [6, 6.07) is 25.6. The Hall–Kier alpha value is -4.48. The minimum Gasteiger partial charge on any atom is -0.330 e. The van der Waals surface area contributed by atoms with E-state index in [1.165, 1.54) is 4.68 Å². The number of hydrogen-bond donors (Lipinski definition) is 1. The van der Waals surface area contributed by atoms with Crippen molar-refractivity contribution in [1.29, 1.82) is 5.26 Å². The van der Waals surface area contributed by atoms with Gasteiger partial charge < -0.3 is 10.6 Å². The van der Waals surface area contributed by atoms with Crippen LogP contribution in [-0.2, 0) is 6.54 Å². The second-order valence-corrected chi connectivity index (χ2v) is 9.98. The number of hydrogen-bond acceptors (Lipinski definition) is 5. The monoisotopic (exact) mass is 522 g/mol. The molecular weight excluding hydrogens is 488 g/mol. The van der Waals surface area contributed by atoms with Gasteiger partial charge in [0.1, 0.15) is 0 Å². The summed E-state index contributed by atoms with van der Waals surface area (Å²) in [5.74, 6) is 0.285. The Morgan fingerprint density at radius 2 is 1.77 bits per heavy atom. The Balaban J connectivity index is 1.90. The van der Waals surface area contributed by atoms with Gasteiger partial charge in [0.2, 0.25) is 0 Å². The fourth-order valence-electron chi connectivity index (χ4n) is 4.71. The molecule has 1 heterocycles. The van der Waals surface area contributed by atoms with E-state index in [1.54, 1.807) is 33.7 Å². The average Bonchev–Trinajstić information content (AvgIpc) is 3.26. The number of amides is 1. The first-order valence-electron chi connectivity index (χ1n) is 13.2. The normalized spacial score (nSPS) is 11.8. The lowest BCUT2D eigenvalue weighted by Gasteiger charge is -2.34. The van der Waals surface area contributed by atoms with Gasteiger partial charge in [0.15, 0.2) is 5.82 Å². The van der Waals surface area contributed by atoms with Crippen molar-refractivity contribution >= 4 is 5.91 Å². The van der Waals surface area contributed by atoms with Crippen LogP contribution in [0.1, 0.15) is 59.2 Å². The number of carbonyl (C=O) groups is 1. The molecule has 1 unspecified atom stereocenters. The molecule has 0 aliphatic heterocycles. The van der Waals surface area contributed by atoms with Crippen molar-refractivity contribution in [3.8, 4) is 11.8 Å². The molecule has 1 aromatic heterocycles. The maximum absolute atomic E-state index is 13.9. The zero-order valence-corrected chi connectivity index (χ0v) is 22.6. The molecule has 0 radical (unpaired) electrons. The van der Waals surface area contributed by atoms with Gasteiger partial charge in [0.25, 0.3) is 5.91 Å². The molecule has 8 nitrogen and oxygen atoms in total. The number of aryl methyl sites for hydroxylation is 1. The minimum atomic E-state index is -0.498. The molecule has 0 aliphatic carbocycles. The Labute approximate surface area is 228 Å². The van der Waals surface area contributed by atoms with Crippen molar-refractivity contribution in [1.82, 2.24) is 19.2 Å². The number of aromatic nitrogens is 3. The van der Waals surface area contributed by atoms with Crippen molar-refractivity contribution in [2.75, 3.05) is 13.1 Å². The highest BCUT2D eigenvalue weighted by Gasteiger charge is 2.34. The molecule has 3 aromatic carbocycles. The lowest BCUT2D eigenvalue weighted by molar-refractivity contribution is 0.0603. The van der Waals surface area contributed by atoms with Crippen LogP contribution in [0.5, 0.6) is 0 Å². The van der Waals surface area contributed by atoms with Gasteiger partial charge >= 0.3 is 5.69 Å². The lowest BCUT2D eigenvalue weighted by Crippen LogP contribution is -2.40. The van der Waals surface area contributed by atoms with Crippen molar-refractivity contribution in [2.45, 2.75) is 39.8 Å². The molecule has 2 N–H and O–H groups in total. The van der Waals surface area contributed by atoms with E-state index in [0.717, 1.165) is 11.1 Å². The number of rotatable bonds is 10. The molecule has 1 amide bonds. The van der Waals surface area contributed by atoms with Gasteiger partial charge in [-0.3, -0.25) is 9.36 Å². The third kappa shape index (κ3) is 6.16. The first-order chi connectivity index (χ1) is 18.8. The maximum Gasteiger partial charge on any atom is 0.351 e. The van der Waals surface area contributed by atoms with Crippen LogP contribution in [0.15, 0.2) is 83.7 Å². The molecule has 8 heteroatoms. The Kier molecular flexibility index (Phi) is 8.74. The number of nitriles is 1. The summed E-state index contributed by atoms with van der Waals surface area (Å²) >= 11 is 0. The average molecular weight is 523 g/mol. The van der Waals surface area contributed by atoms with Crippen LogP contribution in [-0.4, -0.2) is 38.2 Å². The van der Waals surface area contributed by atoms with E-state index < -0.39 is 6.04 Å². The van der Waals surface area contributed by atoms with Crippen LogP contribution in [0.4, 0.5) is 0 Å². The van der Waals surface area contributed by atoms with Crippen LogP contribution in [0.3, 0.4) is 0 Å². The first-order valence-corrected chi connectivity index (χ1v) is 13.2. The fraction of sp³-hybridized carbons (Fsp3) is 0.290. The van der Waals surface area contributed by atoms with Crippen molar-refractivity contribution in [3.63, 3.8) is 0 Å². The number of carbonyl (C=O) groups excluding carboxylic acids is 1.